The summed E-state index contributed by atoms with van der Waals surface area (Å²) in [6.07, 6.45) is 3.15. The standard InChI is InChI=1S/C10H9Br2N/c11-4-3-7-6-13-10-5-8(12)1-2-9(7)10/h1-2,5-6,13H,3-4H2. The van der Waals surface area contributed by atoms with Crippen LogP contribution in [0.3, 0.4) is 0 Å². The molecular formula is C10H9Br2N. The van der Waals surface area contributed by atoms with Crippen molar-refractivity contribution in [3.05, 3.63) is 34.4 Å². The highest BCUT2D eigenvalue weighted by Gasteiger charge is 2.02. The number of hydrogen-bond acceptors (Lipinski definition) is 0. The lowest BCUT2D eigenvalue weighted by atomic mass is 10.1. The number of aryl methyl sites for hydroxylation is 1. The van der Waals surface area contributed by atoms with E-state index in [9.17, 15) is 0 Å². The molecule has 3 heteroatoms. The van der Waals surface area contributed by atoms with Crippen molar-refractivity contribution in [2.24, 2.45) is 0 Å². The van der Waals surface area contributed by atoms with Crippen LogP contribution in [-0.4, -0.2) is 10.3 Å². The van der Waals surface area contributed by atoms with Gasteiger partial charge >= 0.3 is 0 Å². The molecule has 1 heterocycles. The molecule has 13 heavy (non-hydrogen) atoms. The monoisotopic (exact) mass is 301 g/mol. The Labute approximate surface area is 93.8 Å². The summed E-state index contributed by atoms with van der Waals surface area (Å²) in [6, 6.07) is 6.33. The van der Waals surface area contributed by atoms with Crippen LogP contribution in [0.25, 0.3) is 10.9 Å². The third-order valence-electron chi connectivity index (χ3n) is 2.09. The molecule has 0 fully saturated rings. The number of aromatic amines is 1. The molecule has 68 valence electrons. The van der Waals surface area contributed by atoms with E-state index in [0.29, 0.717) is 0 Å². The molecule has 0 radical (unpaired) electrons. The summed E-state index contributed by atoms with van der Waals surface area (Å²) in [6.45, 7) is 0. The largest absolute Gasteiger partial charge is 0.361 e. The predicted molar refractivity (Wildman–Crippen MR) is 63.5 cm³/mol. The van der Waals surface area contributed by atoms with Gasteiger partial charge in [-0.3, -0.25) is 0 Å². The zero-order valence-corrected chi connectivity index (χ0v) is 10.2. The van der Waals surface area contributed by atoms with Crippen molar-refractivity contribution in [3.63, 3.8) is 0 Å². The van der Waals surface area contributed by atoms with Crippen molar-refractivity contribution in [1.29, 1.82) is 0 Å². The van der Waals surface area contributed by atoms with Crippen LogP contribution in [-0.2, 0) is 6.42 Å². The van der Waals surface area contributed by atoms with E-state index in [1.807, 2.05) is 0 Å². The molecular weight excluding hydrogens is 294 g/mol. The van der Waals surface area contributed by atoms with E-state index in [1.54, 1.807) is 0 Å². The maximum Gasteiger partial charge on any atom is 0.0468 e. The van der Waals surface area contributed by atoms with Gasteiger partial charge in [-0.2, -0.15) is 0 Å². The molecule has 0 aliphatic heterocycles. The van der Waals surface area contributed by atoms with Crippen LogP contribution in [0.15, 0.2) is 28.9 Å². The summed E-state index contributed by atoms with van der Waals surface area (Å²) in [5.74, 6) is 0. The second-order valence-electron chi connectivity index (χ2n) is 2.94. The number of benzene rings is 1. The first-order valence-corrected chi connectivity index (χ1v) is 6.04. The number of H-pyrrole nitrogens is 1. The van der Waals surface area contributed by atoms with Gasteiger partial charge in [0.2, 0.25) is 0 Å². The fraction of sp³-hybridized carbons (Fsp3) is 0.200. The van der Waals surface area contributed by atoms with Gasteiger partial charge in [0.25, 0.3) is 0 Å². The zero-order chi connectivity index (χ0) is 9.26. The third kappa shape index (κ3) is 1.81. The van der Waals surface area contributed by atoms with Crippen molar-refractivity contribution in [2.45, 2.75) is 6.42 Å². The number of aromatic nitrogens is 1. The van der Waals surface area contributed by atoms with Crippen LogP contribution >= 0.6 is 31.9 Å². The molecule has 0 unspecified atom stereocenters. The Kier molecular flexibility index (Phi) is 2.74. The fourth-order valence-corrected chi connectivity index (χ4v) is 2.26. The first kappa shape index (κ1) is 9.28. The summed E-state index contributed by atoms with van der Waals surface area (Å²) < 4.78 is 1.12. The number of hydrogen-bond donors (Lipinski definition) is 1. The lowest BCUT2D eigenvalue weighted by molar-refractivity contribution is 1.18. The highest BCUT2D eigenvalue weighted by atomic mass is 79.9. The second kappa shape index (κ2) is 3.84. The van der Waals surface area contributed by atoms with Crippen LogP contribution < -0.4 is 0 Å². The van der Waals surface area contributed by atoms with Crippen molar-refractivity contribution < 1.29 is 0 Å². The molecule has 0 saturated heterocycles. The van der Waals surface area contributed by atoms with Gasteiger partial charge in [0.1, 0.15) is 0 Å². The lowest BCUT2D eigenvalue weighted by Gasteiger charge is -1.95. The van der Waals surface area contributed by atoms with E-state index in [2.05, 4.69) is 61.2 Å². The first-order valence-electron chi connectivity index (χ1n) is 4.13. The van der Waals surface area contributed by atoms with Gasteiger partial charge in [0.15, 0.2) is 0 Å². The summed E-state index contributed by atoms with van der Waals surface area (Å²) in [5.41, 5.74) is 2.57. The van der Waals surface area contributed by atoms with Crippen LogP contribution in [0.1, 0.15) is 5.56 Å². The highest BCUT2D eigenvalue weighted by molar-refractivity contribution is 9.10. The molecule has 0 bridgehead atoms. The van der Waals surface area contributed by atoms with Gasteiger partial charge in [0, 0.05) is 26.9 Å². The van der Waals surface area contributed by atoms with Gasteiger partial charge in [-0.1, -0.05) is 37.9 Å². The van der Waals surface area contributed by atoms with Crippen LogP contribution in [0, 0.1) is 0 Å². The third-order valence-corrected chi connectivity index (χ3v) is 2.98. The lowest BCUT2D eigenvalue weighted by Crippen LogP contribution is -1.81. The molecule has 0 atom stereocenters. The molecule has 0 aliphatic carbocycles. The molecule has 1 N–H and O–H groups in total. The van der Waals surface area contributed by atoms with Gasteiger partial charge in [-0.25, -0.2) is 0 Å². The molecule has 2 aromatic rings. The van der Waals surface area contributed by atoms with Crippen molar-refractivity contribution in [1.82, 2.24) is 4.98 Å². The quantitative estimate of drug-likeness (QED) is 0.811. The van der Waals surface area contributed by atoms with Crippen LogP contribution in [0.2, 0.25) is 0 Å². The van der Waals surface area contributed by atoms with Crippen LogP contribution in [0.4, 0.5) is 0 Å². The summed E-state index contributed by atoms with van der Waals surface area (Å²) in [4.78, 5) is 3.26. The number of alkyl halides is 1. The van der Waals surface area contributed by atoms with Crippen molar-refractivity contribution in [2.75, 3.05) is 5.33 Å². The van der Waals surface area contributed by atoms with Crippen molar-refractivity contribution >= 4 is 42.8 Å². The van der Waals surface area contributed by atoms with Gasteiger partial charge in [-0.05, 0) is 24.1 Å². The van der Waals surface area contributed by atoms with Gasteiger partial charge in [-0.15, -0.1) is 0 Å². The molecule has 1 aromatic carbocycles. The fourth-order valence-electron chi connectivity index (χ4n) is 1.47. The van der Waals surface area contributed by atoms with Gasteiger partial charge < -0.3 is 4.98 Å². The molecule has 0 saturated carbocycles. The normalized spacial score (nSPS) is 10.9. The minimum atomic E-state index is 1.01. The Morgan fingerprint density at radius 2 is 2.15 bits per heavy atom. The van der Waals surface area contributed by atoms with Crippen molar-refractivity contribution in [3.8, 4) is 0 Å². The minimum Gasteiger partial charge on any atom is -0.361 e. The van der Waals surface area contributed by atoms with E-state index in [0.717, 1.165) is 16.2 Å². The SMILES string of the molecule is BrCCc1c[nH]c2cc(Br)ccc12. The van der Waals surface area contributed by atoms with Gasteiger partial charge in [0.05, 0.1) is 0 Å². The Hall–Kier alpha value is -0.280. The van der Waals surface area contributed by atoms with E-state index >= 15 is 0 Å². The Balaban J connectivity index is 2.55. The average molecular weight is 303 g/mol. The average Bonchev–Trinajstić information content (AvgIpc) is 2.49. The van der Waals surface area contributed by atoms with E-state index in [-0.39, 0.29) is 0 Å². The number of rotatable bonds is 2. The molecule has 1 aromatic heterocycles. The molecule has 1 nitrogen and oxygen atoms in total. The molecule has 0 aliphatic rings. The van der Waals surface area contributed by atoms with E-state index in [1.165, 1.54) is 16.5 Å². The second-order valence-corrected chi connectivity index (χ2v) is 4.65. The first-order chi connectivity index (χ1) is 6.31. The topological polar surface area (TPSA) is 15.8 Å². The Bertz CT molecular complexity index is 420. The predicted octanol–water partition coefficient (Wildman–Crippen LogP) is 3.87. The highest BCUT2D eigenvalue weighted by Crippen LogP contribution is 2.22. The zero-order valence-electron chi connectivity index (χ0n) is 6.98. The van der Waals surface area contributed by atoms with E-state index in [4.69, 9.17) is 0 Å². The summed E-state index contributed by atoms with van der Waals surface area (Å²) in [7, 11) is 0. The maximum absolute atomic E-state index is 3.45. The molecule has 0 spiro atoms. The molecule has 0 amide bonds. The summed E-state index contributed by atoms with van der Waals surface area (Å²) >= 11 is 6.90. The minimum absolute atomic E-state index is 1.01. The number of halogens is 2. The maximum atomic E-state index is 3.45. The summed E-state index contributed by atoms with van der Waals surface area (Å²) in [5, 5.41) is 2.33. The smallest absolute Gasteiger partial charge is 0.0468 e. The Morgan fingerprint density at radius 1 is 1.31 bits per heavy atom. The van der Waals surface area contributed by atoms with Crippen LogP contribution in [0.5, 0.6) is 0 Å². The number of nitrogens with one attached hydrogen (secondary N) is 1. The van der Waals surface area contributed by atoms with E-state index < -0.39 is 0 Å². The molecule has 2 rings (SSSR count). The number of fused-ring (bicyclic) bond motifs is 1. The Morgan fingerprint density at radius 3 is 2.92 bits per heavy atom.